The third-order valence-electron chi connectivity index (χ3n) is 3.16. The van der Waals surface area contributed by atoms with E-state index in [1.807, 2.05) is 42.1 Å². The number of hydrogen-bond acceptors (Lipinski definition) is 4. The van der Waals surface area contributed by atoms with Crippen LogP contribution in [-0.4, -0.2) is 26.3 Å². The van der Waals surface area contributed by atoms with Crippen LogP contribution in [0.4, 0.5) is 0 Å². The lowest BCUT2D eigenvalue weighted by atomic mass is 10.1. The van der Waals surface area contributed by atoms with Gasteiger partial charge in [0.2, 0.25) is 5.69 Å². The highest BCUT2D eigenvalue weighted by molar-refractivity contribution is 5.75. The number of aryl methyl sites for hydroxylation is 1. The molecule has 2 aromatic rings. The van der Waals surface area contributed by atoms with E-state index in [1.165, 1.54) is 0 Å². The highest BCUT2D eigenvalue weighted by Gasteiger charge is 2.11. The highest BCUT2D eigenvalue weighted by atomic mass is 16.5. The molecule has 0 saturated carbocycles. The van der Waals surface area contributed by atoms with Crippen molar-refractivity contribution in [2.24, 2.45) is 7.05 Å². The Bertz CT molecular complexity index is 629. The maximum absolute atomic E-state index is 5.42. The van der Waals surface area contributed by atoms with Gasteiger partial charge in [0.15, 0.2) is 6.20 Å². The van der Waals surface area contributed by atoms with Crippen LogP contribution in [0.25, 0.3) is 12.2 Å². The fraction of sp³-hybridized carbons (Fsp3) is 0.250. The van der Waals surface area contributed by atoms with Crippen LogP contribution in [0.15, 0.2) is 30.7 Å². The van der Waals surface area contributed by atoms with Gasteiger partial charge in [-0.2, -0.15) is 4.57 Å². The van der Waals surface area contributed by atoms with E-state index in [0.717, 1.165) is 11.3 Å². The van der Waals surface area contributed by atoms with E-state index >= 15 is 0 Å². The predicted molar refractivity (Wildman–Crippen MR) is 80.4 cm³/mol. The summed E-state index contributed by atoms with van der Waals surface area (Å²) in [6.45, 7) is 0. The molecule has 0 saturated heterocycles. The summed E-state index contributed by atoms with van der Waals surface area (Å²) in [5, 5.41) is 0. The first-order valence-electron chi connectivity index (χ1n) is 6.47. The number of rotatable bonds is 5. The summed E-state index contributed by atoms with van der Waals surface area (Å²) >= 11 is 0. The van der Waals surface area contributed by atoms with Crippen LogP contribution in [0.3, 0.4) is 0 Å². The second-order valence-electron chi connectivity index (χ2n) is 4.39. The van der Waals surface area contributed by atoms with E-state index < -0.39 is 0 Å². The summed E-state index contributed by atoms with van der Waals surface area (Å²) in [4.78, 5) is 4.12. The Kier molecular flexibility index (Phi) is 4.77. The van der Waals surface area contributed by atoms with Gasteiger partial charge in [0.1, 0.15) is 24.3 Å². The van der Waals surface area contributed by atoms with Gasteiger partial charge in [-0.1, -0.05) is 0 Å². The zero-order chi connectivity index (χ0) is 15.2. The topological polar surface area (TPSA) is 44.5 Å². The molecule has 0 aliphatic rings. The molecule has 0 bridgehead atoms. The van der Waals surface area contributed by atoms with E-state index in [2.05, 4.69) is 4.98 Å². The summed E-state index contributed by atoms with van der Waals surface area (Å²) < 4.78 is 18.0. The Morgan fingerprint density at radius 3 is 2.19 bits per heavy atom. The van der Waals surface area contributed by atoms with Crippen molar-refractivity contribution in [1.29, 1.82) is 0 Å². The molecule has 1 heterocycles. The molecular weight excluding hydrogens is 268 g/mol. The van der Waals surface area contributed by atoms with Gasteiger partial charge in [-0.3, -0.25) is 4.98 Å². The molecule has 2 rings (SSSR count). The lowest BCUT2D eigenvalue weighted by Crippen LogP contribution is -2.31. The van der Waals surface area contributed by atoms with E-state index in [-0.39, 0.29) is 0 Å². The Morgan fingerprint density at radius 1 is 1.00 bits per heavy atom. The molecule has 0 atom stereocenters. The maximum atomic E-state index is 5.42. The number of benzene rings is 1. The lowest BCUT2D eigenvalue weighted by Gasteiger charge is -2.12. The molecule has 0 aliphatic carbocycles. The minimum Gasteiger partial charge on any atom is -0.496 e. The molecule has 5 nitrogen and oxygen atoms in total. The molecule has 0 N–H and O–H groups in total. The molecule has 0 radical (unpaired) electrons. The van der Waals surface area contributed by atoms with Gasteiger partial charge in [0.05, 0.1) is 39.3 Å². The molecule has 0 spiro atoms. The quantitative estimate of drug-likeness (QED) is 0.790. The fourth-order valence-corrected chi connectivity index (χ4v) is 1.96. The lowest BCUT2D eigenvalue weighted by molar-refractivity contribution is -0.673. The molecule has 0 amide bonds. The van der Waals surface area contributed by atoms with E-state index in [4.69, 9.17) is 14.2 Å². The average Bonchev–Trinajstić information content (AvgIpc) is 2.53. The normalized spacial score (nSPS) is 10.7. The molecule has 0 aliphatic heterocycles. The molecule has 110 valence electrons. The largest absolute Gasteiger partial charge is 0.496 e. The second kappa shape index (κ2) is 6.74. The van der Waals surface area contributed by atoms with Crippen LogP contribution in [-0.2, 0) is 7.05 Å². The van der Waals surface area contributed by atoms with Gasteiger partial charge in [-0.25, -0.2) is 0 Å². The molecule has 5 heteroatoms. The Hall–Kier alpha value is -2.56. The number of ether oxygens (including phenoxy) is 3. The van der Waals surface area contributed by atoms with Gasteiger partial charge >= 0.3 is 0 Å². The van der Waals surface area contributed by atoms with Crippen molar-refractivity contribution < 1.29 is 18.8 Å². The van der Waals surface area contributed by atoms with Gasteiger partial charge < -0.3 is 14.2 Å². The summed E-state index contributed by atoms with van der Waals surface area (Å²) in [5.74, 6) is 2.07. The molecule has 1 aromatic carbocycles. The van der Waals surface area contributed by atoms with Crippen LogP contribution in [0, 0.1) is 0 Å². The Balaban J connectivity index is 2.45. The van der Waals surface area contributed by atoms with Gasteiger partial charge in [0.25, 0.3) is 0 Å². The van der Waals surface area contributed by atoms with E-state index in [1.54, 1.807) is 33.7 Å². The van der Waals surface area contributed by atoms with Crippen LogP contribution >= 0.6 is 0 Å². The van der Waals surface area contributed by atoms with Crippen LogP contribution in [0.1, 0.15) is 11.3 Å². The van der Waals surface area contributed by atoms with Crippen molar-refractivity contribution in [3.05, 3.63) is 42.0 Å². The van der Waals surface area contributed by atoms with Crippen molar-refractivity contribution in [2.45, 2.75) is 0 Å². The van der Waals surface area contributed by atoms with Crippen LogP contribution in [0.2, 0.25) is 0 Å². The maximum Gasteiger partial charge on any atom is 0.223 e. The Labute approximate surface area is 124 Å². The summed E-state index contributed by atoms with van der Waals surface area (Å²) in [5.41, 5.74) is 1.82. The number of nitrogens with zero attached hydrogens (tertiary/aromatic N) is 2. The van der Waals surface area contributed by atoms with Crippen LogP contribution < -0.4 is 18.8 Å². The van der Waals surface area contributed by atoms with E-state index in [9.17, 15) is 0 Å². The highest BCUT2D eigenvalue weighted by Crippen LogP contribution is 2.35. The second-order valence-corrected chi connectivity index (χ2v) is 4.39. The molecule has 21 heavy (non-hydrogen) atoms. The molecule has 1 aromatic heterocycles. The zero-order valence-corrected chi connectivity index (χ0v) is 12.7. The Morgan fingerprint density at radius 2 is 1.67 bits per heavy atom. The molecule has 0 unspecified atom stereocenters. The fourth-order valence-electron chi connectivity index (χ4n) is 1.96. The van der Waals surface area contributed by atoms with Crippen molar-refractivity contribution in [3.63, 3.8) is 0 Å². The summed E-state index contributed by atoms with van der Waals surface area (Å²) in [7, 11) is 6.81. The minimum absolute atomic E-state index is 0.688. The van der Waals surface area contributed by atoms with Crippen molar-refractivity contribution in [2.75, 3.05) is 21.3 Å². The van der Waals surface area contributed by atoms with Crippen molar-refractivity contribution in [3.8, 4) is 17.2 Å². The zero-order valence-electron chi connectivity index (χ0n) is 12.7. The number of hydrogen-bond donors (Lipinski definition) is 0. The first kappa shape index (κ1) is 14.8. The minimum atomic E-state index is 0.688. The molecular formula is C16H19N2O3+. The first-order valence-corrected chi connectivity index (χ1v) is 6.47. The third-order valence-corrected chi connectivity index (χ3v) is 3.16. The summed E-state index contributed by atoms with van der Waals surface area (Å²) in [6.07, 6.45) is 9.32. The standard InChI is InChI=1S/C16H19N2O3/c1-18-8-7-17-11-12(18)5-6-14-15(20-3)9-13(19-2)10-16(14)21-4/h5-11H,1-4H3/q+1/b6-5+. The number of methoxy groups -OCH3 is 3. The number of aromatic nitrogens is 2. The van der Waals surface area contributed by atoms with Crippen molar-refractivity contribution in [1.82, 2.24) is 4.98 Å². The predicted octanol–water partition coefficient (Wildman–Crippen LogP) is 2.10. The SMILES string of the molecule is COc1cc(OC)c(/C=C/c2cncc[n+]2C)c(OC)c1. The van der Waals surface area contributed by atoms with E-state index in [0.29, 0.717) is 17.2 Å². The average molecular weight is 287 g/mol. The first-order chi connectivity index (χ1) is 10.2. The van der Waals surface area contributed by atoms with Crippen LogP contribution in [0.5, 0.6) is 17.2 Å². The molecule has 0 fully saturated rings. The smallest absolute Gasteiger partial charge is 0.223 e. The monoisotopic (exact) mass is 287 g/mol. The summed E-state index contributed by atoms with van der Waals surface area (Å²) in [6, 6.07) is 3.65. The van der Waals surface area contributed by atoms with Gasteiger partial charge in [-0.05, 0) is 6.08 Å². The van der Waals surface area contributed by atoms with Gasteiger partial charge in [0, 0.05) is 18.2 Å². The third kappa shape index (κ3) is 3.31. The van der Waals surface area contributed by atoms with Crippen molar-refractivity contribution >= 4 is 12.2 Å². The van der Waals surface area contributed by atoms with Gasteiger partial charge in [-0.15, -0.1) is 0 Å².